The second-order valence-electron chi connectivity index (χ2n) is 7.76. The highest BCUT2D eigenvalue weighted by molar-refractivity contribution is 5.79. The Morgan fingerprint density at radius 3 is 2.70 bits per heavy atom. The Kier molecular flexibility index (Phi) is 7.71. The third-order valence-electron chi connectivity index (χ3n) is 4.92. The molecule has 3 N–H and O–H groups in total. The molecule has 0 aromatic heterocycles. The molecule has 3 rings (SSSR count). The summed E-state index contributed by atoms with van der Waals surface area (Å²) in [6.45, 7) is 8.36. The summed E-state index contributed by atoms with van der Waals surface area (Å²) in [6, 6.07) is 14.6. The largest absolute Gasteiger partial charge is 0.484 e. The molecule has 0 unspecified atom stereocenters. The molecule has 1 amide bonds. The predicted molar refractivity (Wildman–Crippen MR) is 121 cm³/mol. The van der Waals surface area contributed by atoms with Gasteiger partial charge in [-0.15, -0.1) is 0 Å². The van der Waals surface area contributed by atoms with Gasteiger partial charge in [-0.3, -0.25) is 4.79 Å². The molecule has 30 heavy (non-hydrogen) atoms. The molecule has 0 bridgehead atoms. The number of carbonyl (C=O) groups is 1. The Balaban J connectivity index is 1.54. The van der Waals surface area contributed by atoms with E-state index >= 15 is 0 Å². The third kappa shape index (κ3) is 7.10. The van der Waals surface area contributed by atoms with Crippen molar-refractivity contribution in [2.45, 2.75) is 52.7 Å². The van der Waals surface area contributed by atoms with Crippen LogP contribution in [0.4, 0.5) is 0 Å². The van der Waals surface area contributed by atoms with Crippen LogP contribution in [-0.2, 0) is 17.9 Å². The minimum absolute atomic E-state index is 0.0450. The molecule has 6 heteroatoms. The minimum Gasteiger partial charge on any atom is -0.484 e. The number of nitrogens with zero attached hydrogens (tertiary/aromatic N) is 1. The monoisotopic (exact) mass is 408 g/mol. The Bertz CT molecular complexity index is 891. The molecular weight excluding hydrogens is 376 g/mol. The lowest BCUT2D eigenvalue weighted by Crippen LogP contribution is -2.36. The van der Waals surface area contributed by atoms with E-state index in [4.69, 9.17) is 4.74 Å². The van der Waals surface area contributed by atoms with E-state index in [0.29, 0.717) is 18.3 Å². The second kappa shape index (κ2) is 10.7. The number of hydrogen-bond acceptors (Lipinski definition) is 3. The zero-order valence-electron chi connectivity index (χ0n) is 18.1. The number of hydrogen-bond donors (Lipinski definition) is 3. The standard InChI is InChI=1S/C24H32N4O2/c1-4-25-24(27-15-20-9-8-17(2)12-18(20)3)26-14-19-6-5-7-22(13-19)30-16-23(29)28-21-10-11-21/h5-9,12-13,21H,4,10-11,14-16H2,1-3H3,(H,28,29)(H2,25,26,27). The number of aryl methyl sites for hydroxylation is 2. The number of amides is 1. The van der Waals surface area contributed by atoms with Crippen molar-refractivity contribution in [1.82, 2.24) is 16.0 Å². The highest BCUT2D eigenvalue weighted by Crippen LogP contribution is 2.19. The lowest BCUT2D eigenvalue weighted by Gasteiger charge is -2.13. The molecule has 2 aromatic rings. The molecule has 0 spiro atoms. The fourth-order valence-electron chi connectivity index (χ4n) is 3.11. The molecule has 1 aliphatic rings. The van der Waals surface area contributed by atoms with Crippen LogP contribution in [0.25, 0.3) is 0 Å². The lowest BCUT2D eigenvalue weighted by atomic mass is 10.1. The number of carbonyl (C=O) groups excluding carboxylic acids is 1. The predicted octanol–water partition coefficient (Wildman–Crippen LogP) is 3.22. The van der Waals surface area contributed by atoms with Crippen molar-refractivity contribution in [3.63, 3.8) is 0 Å². The van der Waals surface area contributed by atoms with E-state index in [1.165, 1.54) is 16.7 Å². The van der Waals surface area contributed by atoms with Gasteiger partial charge in [0.1, 0.15) is 5.75 Å². The van der Waals surface area contributed by atoms with Crippen molar-refractivity contribution in [2.24, 2.45) is 4.99 Å². The Hall–Kier alpha value is -3.02. The number of ether oxygens (including phenoxy) is 1. The van der Waals surface area contributed by atoms with E-state index in [2.05, 4.69) is 59.9 Å². The summed E-state index contributed by atoms with van der Waals surface area (Å²) in [6.07, 6.45) is 2.15. The quantitative estimate of drug-likeness (QED) is 0.440. The van der Waals surface area contributed by atoms with Crippen LogP contribution in [0.15, 0.2) is 47.5 Å². The molecule has 2 aromatic carbocycles. The first-order chi connectivity index (χ1) is 14.5. The van der Waals surface area contributed by atoms with Crippen LogP contribution in [-0.4, -0.2) is 31.1 Å². The SMILES string of the molecule is CCNC(=NCc1cccc(OCC(=O)NC2CC2)c1)NCc1ccc(C)cc1C. The van der Waals surface area contributed by atoms with E-state index in [9.17, 15) is 4.79 Å². The Labute approximate surface area is 179 Å². The Morgan fingerprint density at radius 1 is 1.13 bits per heavy atom. The molecule has 0 heterocycles. The minimum atomic E-state index is -0.0639. The zero-order valence-corrected chi connectivity index (χ0v) is 18.1. The van der Waals surface area contributed by atoms with Crippen LogP contribution in [0.2, 0.25) is 0 Å². The maximum atomic E-state index is 11.8. The van der Waals surface area contributed by atoms with Crippen LogP contribution in [0.5, 0.6) is 5.75 Å². The average Bonchev–Trinajstić information content (AvgIpc) is 3.54. The van der Waals surface area contributed by atoms with Gasteiger partial charge in [0.25, 0.3) is 5.91 Å². The number of aliphatic imine (C=N–C) groups is 1. The van der Waals surface area contributed by atoms with Crippen molar-refractivity contribution in [3.05, 3.63) is 64.7 Å². The fraction of sp³-hybridized carbons (Fsp3) is 0.417. The summed E-state index contributed by atoms with van der Waals surface area (Å²) >= 11 is 0. The first kappa shape index (κ1) is 21.7. The number of benzene rings is 2. The summed E-state index contributed by atoms with van der Waals surface area (Å²) in [5.41, 5.74) is 4.82. The van der Waals surface area contributed by atoms with Gasteiger partial charge in [-0.05, 0) is 62.4 Å². The molecule has 1 aliphatic carbocycles. The van der Waals surface area contributed by atoms with Crippen LogP contribution >= 0.6 is 0 Å². The van der Waals surface area contributed by atoms with Gasteiger partial charge in [0, 0.05) is 19.1 Å². The fourth-order valence-corrected chi connectivity index (χ4v) is 3.11. The molecule has 160 valence electrons. The van der Waals surface area contributed by atoms with Crippen molar-refractivity contribution < 1.29 is 9.53 Å². The molecular formula is C24H32N4O2. The lowest BCUT2D eigenvalue weighted by molar-refractivity contribution is -0.123. The smallest absolute Gasteiger partial charge is 0.258 e. The van der Waals surface area contributed by atoms with Crippen molar-refractivity contribution in [2.75, 3.05) is 13.2 Å². The summed E-state index contributed by atoms with van der Waals surface area (Å²) < 4.78 is 5.63. The normalized spacial score (nSPS) is 13.6. The van der Waals surface area contributed by atoms with Gasteiger partial charge in [0.2, 0.25) is 0 Å². The Morgan fingerprint density at radius 2 is 1.97 bits per heavy atom. The van der Waals surface area contributed by atoms with E-state index in [1.54, 1.807) is 0 Å². The van der Waals surface area contributed by atoms with Gasteiger partial charge in [-0.25, -0.2) is 4.99 Å². The maximum absolute atomic E-state index is 11.8. The van der Waals surface area contributed by atoms with Crippen LogP contribution in [0.1, 0.15) is 42.0 Å². The summed E-state index contributed by atoms with van der Waals surface area (Å²) in [5, 5.41) is 9.61. The number of rotatable bonds is 9. The molecule has 0 atom stereocenters. The van der Waals surface area contributed by atoms with Crippen molar-refractivity contribution in [1.29, 1.82) is 0 Å². The molecule has 0 aliphatic heterocycles. The zero-order chi connectivity index (χ0) is 21.3. The third-order valence-corrected chi connectivity index (χ3v) is 4.92. The van der Waals surface area contributed by atoms with Gasteiger partial charge in [0.15, 0.2) is 12.6 Å². The van der Waals surface area contributed by atoms with E-state index in [0.717, 1.165) is 37.5 Å². The van der Waals surface area contributed by atoms with E-state index in [1.807, 2.05) is 24.3 Å². The van der Waals surface area contributed by atoms with E-state index in [-0.39, 0.29) is 12.5 Å². The molecule has 0 saturated heterocycles. The first-order valence-corrected chi connectivity index (χ1v) is 10.6. The average molecular weight is 409 g/mol. The topological polar surface area (TPSA) is 74.8 Å². The van der Waals surface area contributed by atoms with Gasteiger partial charge in [-0.1, -0.05) is 35.9 Å². The molecule has 0 radical (unpaired) electrons. The highest BCUT2D eigenvalue weighted by atomic mass is 16.5. The second-order valence-corrected chi connectivity index (χ2v) is 7.76. The number of nitrogens with one attached hydrogen (secondary N) is 3. The number of guanidine groups is 1. The molecule has 6 nitrogen and oxygen atoms in total. The summed E-state index contributed by atoms with van der Waals surface area (Å²) in [4.78, 5) is 16.5. The van der Waals surface area contributed by atoms with Gasteiger partial charge in [-0.2, -0.15) is 0 Å². The first-order valence-electron chi connectivity index (χ1n) is 10.6. The van der Waals surface area contributed by atoms with Gasteiger partial charge < -0.3 is 20.7 Å². The molecule has 1 fully saturated rings. The highest BCUT2D eigenvalue weighted by Gasteiger charge is 2.23. The van der Waals surface area contributed by atoms with Crippen molar-refractivity contribution in [3.8, 4) is 5.75 Å². The van der Waals surface area contributed by atoms with Gasteiger partial charge >= 0.3 is 0 Å². The maximum Gasteiger partial charge on any atom is 0.258 e. The van der Waals surface area contributed by atoms with Crippen molar-refractivity contribution >= 4 is 11.9 Å². The van der Waals surface area contributed by atoms with Crippen LogP contribution < -0.4 is 20.7 Å². The summed E-state index contributed by atoms with van der Waals surface area (Å²) in [5.74, 6) is 1.39. The summed E-state index contributed by atoms with van der Waals surface area (Å²) in [7, 11) is 0. The van der Waals surface area contributed by atoms with Crippen LogP contribution in [0, 0.1) is 13.8 Å². The van der Waals surface area contributed by atoms with Crippen LogP contribution in [0.3, 0.4) is 0 Å². The van der Waals surface area contributed by atoms with Gasteiger partial charge in [0.05, 0.1) is 6.54 Å². The van der Waals surface area contributed by atoms with E-state index < -0.39 is 0 Å². The molecule has 1 saturated carbocycles.